The largest absolute Gasteiger partial charge is 0.396 e. The molecule has 0 saturated heterocycles. The van der Waals surface area contributed by atoms with Crippen molar-refractivity contribution in [2.45, 2.75) is 19.4 Å². The van der Waals surface area contributed by atoms with E-state index >= 15 is 0 Å². The van der Waals surface area contributed by atoms with Crippen molar-refractivity contribution in [1.82, 2.24) is 0 Å². The second-order valence-corrected chi connectivity index (χ2v) is 4.04. The summed E-state index contributed by atoms with van der Waals surface area (Å²) in [5, 5.41) is 8.77. The third-order valence-electron chi connectivity index (χ3n) is 2.08. The molecule has 13 heavy (non-hydrogen) atoms. The number of aliphatic hydroxyl groups excluding tert-OH is 1. The van der Waals surface area contributed by atoms with Gasteiger partial charge in [-0.05, 0) is 36.6 Å². The first-order valence-electron chi connectivity index (χ1n) is 4.27. The van der Waals surface area contributed by atoms with Crippen LogP contribution in [0.25, 0.3) is 0 Å². The number of halogens is 1. The Hall–Kier alpha value is -0.380. The average molecular weight is 244 g/mol. The van der Waals surface area contributed by atoms with Crippen LogP contribution in [0.15, 0.2) is 22.7 Å². The third kappa shape index (κ3) is 2.79. The maximum atomic E-state index is 8.77. The van der Waals surface area contributed by atoms with Crippen molar-refractivity contribution in [2.75, 3.05) is 6.61 Å². The van der Waals surface area contributed by atoms with Gasteiger partial charge in [-0.1, -0.05) is 22.0 Å². The summed E-state index contributed by atoms with van der Waals surface area (Å²) >= 11 is 3.40. The van der Waals surface area contributed by atoms with Gasteiger partial charge in [-0.25, -0.2) is 0 Å². The highest BCUT2D eigenvalue weighted by Gasteiger charge is 2.08. The van der Waals surface area contributed by atoms with Crippen LogP contribution in [0.4, 0.5) is 0 Å². The number of rotatable bonds is 3. The van der Waals surface area contributed by atoms with Crippen LogP contribution in [0.2, 0.25) is 0 Å². The first-order valence-corrected chi connectivity index (χ1v) is 5.07. The van der Waals surface area contributed by atoms with Gasteiger partial charge in [-0.15, -0.1) is 0 Å². The highest BCUT2D eigenvalue weighted by Crippen LogP contribution is 2.22. The molecule has 0 aromatic heterocycles. The second-order valence-electron chi connectivity index (χ2n) is 3.12. The Morgan fingerprint density at radius 1 is 1.54 bits per heavy atom. The molecule has 0 radical (unpaired) electrons. The molecule has 1 aromatic carbocycles. The van der Waals surface area contributed by atoms with Crippen molar-refractivity contribution in [2.24, 2.45) is 5.73 Å². The molecule has 0 aliphatic heterocycles. The zero-order chi connectivity index (χ0) is 9.84. The fourth-order valence-corrected chi connectivity index (χ4v) is 1.68. The lowest BCUT2D eigenvalue weighted by atomic mass is 10.00. The zero-order valence-corrected chi connectivity index (χ0v) is 9.21. The summed E-state index contributed by atoms with van der Waals surface area (Å²) in [4.78, 5) is 0. The van der Waals surface area contributed by atoms with Crippen molar-refractivity contribution in [1.29, 1.82) is 0 Å². The normalized spacial score (nSPS) is 12.9. The summed E-state index contributed by atoms with van der Waals surface area (Å²) in [7, 11) is 0. The first-order chi connectivity index (χ1) is 6.15. The Labute approximate surface area is 86.9 Å². The molecule has 3 N–H and O–H groups in total. The lowest BCUT2D eigenvalue weighted by Gasteiger charge is -2.13. The van der Waals surface area contributed by atoms with Crippen molar-refractivity contribution in [3.63, 3.8) is 0 Å². The Morgan fingerprint density at radius 3 is 2.85 bits per heavy atom. The van der Waals surface area contributed by atoms with E-state index in [2.05, 4.69) is 15.9 Å². The van der Waals surface area contributed by atoms with Crippen LogP contribution in [-0.2, 0) is 0 Å². The molecule has 72 valence electrons. The van der Waals surface area contributed by atoms with Gasteiger partial charge in [0.05, 0.1) is 0 Å². The molecule has 1 unspecified atom stereocenters. The van der Waals surface area contributed by atoms with Crippen molar-refractivity contribution < 1.29 is 5.11 Å². The Balaban J connectivity index is 2.91. The molecule has 0 amide bonds. The zero-order valence-electron chi connectivity index (χ0n) is 7.63. The van der Waals surface area contributed by atoms with Crippen LogP contribution < -0.4 is 5.73 Å². The predicted octanol–water partition coefficient (Wildman–Crippen LogP) is 2.14. The molecule has 0 aliphatic rings. The van der Waals surface area contributed by atoms with Crippen molar-refractivity contribution in [3.8, 4) is 0 Å². The van der Waals surface area contributed by atoms with Gasteiger partial charge in [0.2, 0.25) is 0 Å². The third-order valence-corrected chi connectivity index (χ3v) is 2.57. The van der Waals surface area contributed by atoms with Crippen LogP contribution in [0.1, 0.15) is 23.6 Å². The Bertz CT molecular complexity index is 288. The fourth-order valence-electron chi connectivity index (χ4n) is 1.31. The van der Waals surface area contributed by atoms with Crippen LogP contribution in [0.3, 0.4) is 0 Å². The highest BCUT2D eigenvalue weighted by molar-refractivity contribution is 9.10. The number of aliphatic hydroxyl groups is 1. The van der Waals surface area contributed by atoms with Crippen LogP contribution >= 0.6 is 15.9 Å². The molecule has 0 aliphatic carbocycles. The molecule has 0 spiro atoms. The molecular weight excluding hydrogens is 230 g/mol. The number of nitrogens with two attached hydrogens (primary N) is 1. The maximum Gasteiger partial charge on any atom is 0.0449 e. The van der Waals surface area contributed by atoms with E-state index in [4.69, 9.17) is 10.8 Å². The van der Waals surface area contributed by atoms with E-state index in [1.165, 1.54) is 5.56 Å². The summed E-state index contributed by atoms with van der Waals surface area (Å²) in [5.74, 6) is 0. The van der Waals surface area contributed by atoms with E-state index in [-0.39, 0.29) is 12.6 Å². The quantitative estimate of drug-likeness (QED) is 0.855. The topological polar surface area (TPSA) is 46.2 Å². The van der Waals surface area contributed by atoms with Crippen LogP contribution in [0, 0.1) is 6.92 Å². The summed E-state index contributed by atoms with van der Waals surface area (Å²) < 4.78 is 1.03. The van der Waals surface area contributed by atoms with E-state index in [9.17, 15) is 0 Å². The van der Waals surface area contributed by atoms with Crippen molar-refractivity contribution in [3.05, 3.63) is 33.8 Å². The second kappa shape index (κ2) is 4.74. The van der Waals surface area contributed by atoms with Gasteiger partial charge in [-0.2, -0.15) is 0 Å². The molecule has 1 rings (SSSR count). The SMILES string of the molecule is Cc1ccc(Br)cc1C(N)CCO. The lowest BCUT2D eigenvalue weighted by Crippen LogP contribution is -2.13. The first kappa shape index (κ1) is 10.7. The molecule has 1 atom stereocenters. The van der Waals surface area contributed by atoms with E-state index in [0.717, 1.165) is 10.0 Å². The van der Waals surface area contributed by atoms with E-state index < -0.39 is 0 Å². The standard InChI is InChI=1S/C10H14BrNO/c1-7-2-3-8(11)6-9(7)10(12)4-5-13/h2-3,6,10,13H,4-5,12H2,1H3. The van der Waals surface area contributed by atoms with Crippen LogP contribution in [-0.4, -0.2) is 11.7 Å². The van der Waals surface area contributed by atoms with Gasteiger partial charge >= 0.3 is 0 Å². The minimum absolute atomic E-state index is 0.0671. The molecule has 0 saturated carbocycles. The van der Waals surface area contributed by atoms with Gasteiger partial charge in [0.15, 0.2) is 0 Å². The number of hydrogen-bond acceptors (Lipinski definition) is 2. The van der Waals surface area contributed by atoms with Gasteiger partial charge in [-0.3, -0.25) is 0 Å². The number of hydrogen-bond donors (Lipinski definition) is 2. The minimum Gasteiger partial charge on any atom is -0.396 e. The van der Waals surface area contributed by atoms with E-state index in [1.54, 1.807) is 0 Å². The molecule has 3 heteroatoms. The minimum atomic E-state index is -0.0671. The monoisotopic (exact) mass is 243 g/mol. The van der Waals surface area contributed by atoms with Crippen molar-refractivity contribution >= 4 is 15.9 Å². The van der Waals surface area contributed by atoms with Crippen LogP contribution in [0.5, 0.6) is 0 Å². The summed E-state index contributed by atoms with van der Waals surface area (Å²) in [6.07, 6.45) is 0.608. The molecular formula is C10H14BrNO. The van der Waals surface area contributed by atoms with E-state index in [1.807, 2.05) is 25.1 Å². The number of benzene rings is 1. The summed E-state index contributed by atoms with van der Waals surface area (Å²) in [5.41, 5.74) is 8.17. The van der Waals surface area contributed by atoms with Gasteiger partial charge in [0, 0.05) is 17.1 Å². The average Bonchev–Trinajstić information content (AvgIpc) is 2.09. The maximum absolute atomic E-state index is 8.77. The van der Waals surface area contributed by atoms with Gasteiger partial charge < -0.3 is 10.8 Å². The summed E-state index contributed by atoms with van der Waals surface area (Å²) in [6.45, 7) is 2.16. The number of aryl methyl sites for hydroxylation is 1. The van der Waals surface area contributed by atoms with Gasteiger partial charge in [0.1, 0.15) is 0 Å². The summed E-state index contributed by atoms with van der Waals surface area (Å²) in [6, 6.07) is 5.96. The molecule has 0 heterocycles. The Kier molecular flexibility index (Phi) is 3.90. The molecule has 2 nitrogen and oxygen atoms in total. The van der Waals surface area contributed by atoms with Gasteiger partial charge in [0.25, 0.3) is 0 Å². The lowest BCUT2D eigenvalue weighted by molar-refractivity contribution is 0.276. The molecule has 1 aromatic rings. The molecule has 0 bridgehead atoms. The highest BCUT2D eigenvalue weighted by atomic mass is 79.9. The Morgan fingerprint density at radius 2 is 2.23 bits per heavy atom. The van der Waals surface area contributed by atoms with E-state index in [0.29, 0.717) is 6.42 Å². The fraction of sp³-hybridized carbons (Fsp3) is 0.400. The smallest absolute Gasteiger partial charge is 0.0449 e. The predicted molar refractivity (Wildman–Crippen MR) is 57.5 cm³/mol. The molecule has 0 fully saturated rings.